The topological polar surface area (TPSA) is 89.7 Å². The maximum Gasteiger partial charge on any atom is 0.344 e. The first kappa shape index (κ1) is 23.0. The number of hydrogen-bond donors (Lipinski definition) is 0. The highest BCUT2D eigenvalue weighted by molar-refractivity contribution is 6.31. The lowest BCUT2D eigenvalue weighted by atomic mass is 9.74. The van der Waals surface area contributed by atoms with Gasteiger partial charge in [0.15, 0.2) is 18.2 Å². The maximum atomic E-state index is 13.1. The molecule has 0 radical (unpaired) electrons. The molecule has 1 aliphatic carbocycles. The molecule has 1 aromatic carbocycles. The molecule has 1 saturated carbocycles. The number of carbonyl (C=O) groups is 3. The van der Waals surface area contributed by atoms with Crippen LogP contribution in [0.25, 0.3) is 0 Å². The lowest BCUT2D eigenvalue weighted by Crippen LogP contribution is -2.55. The third-order valence-electron chi connectivity index (χ3n) is 5.86. The number of carbonyl (C=O) groups excluding carboxylic acids is 3. The number of benzene rings is 1. The van der Waals surface area contributed by atoms with E-state index in [1.807, 2.05) is 13.8 Å². The lowest BCUT2D eigenvalue weighted by Gasteiger charge is -2.43. The summed E-state index contributed by atoms with van der Waals surface area (Å²) in [6.07, 6.45) is 2.38. The molecule has 1 heterocycles. The standard InChI is InChI=1S/C23H27ClN2O5/c1-14(2)21-20(15(3)25-31-21)22(29)30-13-19(28)26(4)23(12-8-7-11-18(23)27)16-9-5-6-10-17(16)24/h5-6,9-10,14H,7-8,11-13H2,1-4H3. The first-order chi connectivity index (χ1) is 14.7. The summed E-state index contributed by atoms with van der Waals surface area (Å²) in [6.45, 7) is 4.89. The second-order valence-electron chi connectivity index (χ2n) is 8.16. The van der Waals surface area contributed by atoms with E-state index in [0.717, 1.165) is 12.8 Å². The molecule has 31 heavy (non-hydrogen) atoms. The van der Waals surface area contributed by atoms with Crippen molar-refractivity contribution in [1.29, 1.82) is 0 Å². The van der Waals surface area contributed by atoms with Crippen LogP contribution in [0.2, 0.25) is 5.02 Å². The third-order valence-corrected chi connectivity index (χ3v) is 6.19. The van der Waals surface area contributed by atoms with Crippen LogP contribution >= 0.6 is 11.6 Å². The number of esters is 1. The second kappa shape index (κ2) is 9.22. The van der Waals surface area contributed by atoms with E-state index in [4.69, 9.17) is 20.9 Å². The first-order valence-corrected chi connectivity index (χ1v) is 10.8. The van der Waals surface area contributed by atoms with E-state index in [-0.39, 0.29) is 17.3 Å². The molecule has 1 amide bonds. The van der Waals surface area contributed by atoms with Crippen molar-refractivity contribution in [2.24, 2.45) is 0 Å². The molecule has 0 N–H and O–H groups in total. The Kier molecular flexibility index (Phi) is 6.84. The quantitative estimate of drug-likeness (QED) is 0.610. The van der Waals surface area contributed by atoms with Gasteiger partial charge in [-0.15, -0.1) is 0 Å². The molecule has 0 spiro atoms. The van der Waals surface area contributed by atoms with E-state index in [0.29, 0.717) is 34.9 Å². The molecule has 0 saturated heterocycles. The zero-order valence-electron chi connectivity index (χ0n) is 18.2. The Morgan fingerprint density at radius 2 is 2.00 bits per heavy atom. The average Bonchev–Trinajstić information content (AvgIpc) is 3.14. The molecule has 0 bridgehead atoms. The van der Waals surface area contributed by atoms with Crippen LogP contribution in [0.15, 0.2) is 28.8 Å². The molecular formula is C23H27ClN2O5. The van der Waals surface area contributed by atoms with Gasteiger partial charge in [-0.25, -0.2) is 4.79 Å². The van der Waals surface area contributed by atoms with Gasteiger partial charge in [-0.3, -0.25) is 9.59 Å². The summed E-state index contributed by atoms with van der Waals surface area (Å²) in [6, 6.07) is 7.06. The number of halogens is 1. The molecule has 0 aliphatic heterocycles. The third kappa shape index (κ3) is 4.24. The number of rotatable bonds is 6. The SMILES string of the molecule is Cc1noc(C(C)C)c1C(=O)OCC(=O)N(C)C1(c2ccccc2Cl)CCCCC1=O. The smallest absolute Gasteiger partial charge is 0.344 e. The molecule has 166 valence electrons. The number of ketones is 1. The Bertz CT molecular complexity index is 1000. The number of hydrogen-bond acceptors (Lipinski definition) is 6. The van der Waals surface area contributed by atoms with Crippen molar-refractivity contribution < 1.29 is 23.6 Å². The van der Waals surface area contributed by atoms with Crippen LogP contribution in [0.1, 0.15) is 72.8 Å². The molecule has 3 rings (SSSR count). The number of amides is 1. The monoisotopic (exact) mass is 446 g/mol. The van der Waals surface area contributed by atoms with E-state index < -0.39 is 24.0 Å². The van der Waals surface area contributed by atoms with Gasteiger partial charge in [0.2, 0.25) is 0 Å². The van der Waals surface area contributed by atoms with Crippen LogP contribution in [0, 0.1) is 6.92 Å². The fourth-order valence-electron chi connectivity index (χ4n) is 4.17. The minimum atomic E-state index is -1.17. The Labute approximate surface area is 186 Å². The molecule has 1 unspecified atom stereocenters. The van der Waals surface area contributed by atoms with Gasteiger partial charge in [-0.05, 0) is 32.3 Å². The molecule has 1 atom stereocenters. The van der Waals surface area contributed by atoms with Crippen LogP contribution in [0.5, 0.6) is 0 Å². The summed E-state index contributed by atoms with van der Waals surface area (Å²) in [5, 5.41) is 4.26. The van der Waals surface area contributed by atoms with Gasteiger partial charge in [0.05, 0.1) is 5.69 Å². The largest absolute Gasteiger partial charge is 0.452 e. The second-order valence-corrected chi connectivity index (χ2v) is 8.57. The van der Waals surface area contributed by atoms with E-state index in [1.165, 1.54) is 4.90 Å². The molecule has 1 fully saturated rings. The molecule has 8 heteroatoms. The van der Waals surface area contributed by atoms with Crippen molar-refractivity contribution in [2.75, 3.05) is 13.7 Å². The van der Waals surface area contributed by atoms with E-state index in [9.17, 15) is 14.4 Å². The van der Waals surface area contributed by atoms with Crippen molar-refractivity contribution in [3.8, 4) is 0 Å². The summed E-state index contributed by atoms with van der Waals surface area (Å²) in [7, 11) is 1.56. The predicted octanol–water partition coefficient (Wildman–Crippen LogP) is 4.41. The average molecular weight is 447 g/mol. The normalized spacial score (nSPS) is 18.8. The fourth-order valence-corrected chi connectivity index (χ4v) is 4.46. The predicted molar refractivity (Wildman–Crippen MR) is 115 cm³/mol. The van der Waals surface area contributed by atoms with Crippen molar-refractivity contribution in [2.45, 2.75) is 57.9 Å². The number of ether oxygens (including phenoxy) is 1. The maximum absolute atomic E-state index is 13.1. The summed E-state index contributed by atoms with van der Waals surface area (Å²) < 4.78 is 10.5. The molecular weight excluding hydrogens is 420 g/mol. The van der Waals surface area contributed by atoms with Gasteiger partial charge in [0.25, 0.3) is 5.91 Å². The fraction of sp³-hybridized carbons (Fsp3) is 0.478. The summed E-state index contributed by atoms with van der Waals surface area (Å²) in [4.78, 5) is 40.2. The van der Waals surface area contributed by atoms with E-state index in [1.54, 1.807) is 38.2 Å². The van der Waals surface area contributed by atoms with E-state index >= 15 is 0 Å². The number of aromatic nitrogens is 1. The zero-order chi connectivity index (χ0) is 22.8. The van der Waals surface area contributed by atoms with Gasteiger partial charge < -0.3 is 14.2 Å². The highest BCUT2D eigenvalue weighted by atomic mass is 35.5. The summed E-state index contributed by atoms with van der Waals surface area (Å²) in [5.74, 6) is -0.871. The number of Topliss-reactive ketones (excluding diaryl/α,β-unsaturated/α-hetero) is 1. The minimum Gasteiger partial charge on any atom is -0.452 e. The Morgan fingerprint density at radius 1 is 1.29 bits per heavy atom. The van der Waals surface area contributed by atoms with Gasteiger partial charge in [-0.2, -0.15) is 0 Å². The first-order valence-electron chi connectivity index (χ1n) is 10.4. The van der Waals surface area contributed by atoms with Gasteiger partial charge >= 0.3 is 5.97 Å². The van der Waals surface area contributed by atoms with Crippen LogP contribution in [0.4, 0.5) is 0 Å². The highest BCUT2D eigenvalue weighted by Crippen LogP contribution is 2.42. The Hall–Kier alpha value is -2.67. The molecule has 2 aromatic rings. The van der Waals surface area contributed by atoms with Crippen molar-refractivity contribution in [1.82, 2.24) is 10.1 Å². The summed E-state index contributed by atoms with van der Waals surface area (Å²) in [5.41, 5.74) is 0.0704. The minimum absolute atomic E-state index is 0.0639. The van der Waals surface area contributed by atoms with Gasteiger partial charge in [0, 0.05) is 30.0 Å². The Morgan fingerprint density at radius 3 is 2.65 bits per heavy atom. The Balaban J connectivity index is 1.83. The van der Waals surface area contributed by atoms with Crippen molar-refractivity contribution in [3.63, 3.8) is 0 Å². The molecule has 1 aliphatic rings. The lowest BCUT2D eigenvalue weighted by molar-refractivity contribution is -0.150. The number of nitrogens with zero attached hydrogens (tertiary/aromatic N) is 2. The summed E-state index contributed by atoms with van der Waals surface area (Å²) >= 11 is 6.43. The number of aryl methyl sites for hydroxylation is 1. The van der Waals surface area contributed by atoms with Crippen LogP contribution in [0.3, 0.4) is 0 Å². The number of likely N-dealkylation sites (N-methyl/N-ethyl adjacent to an activating group) is 1. The zero-order valence-corrected chi connectivity index (χ0v) is 19.0. The van der Waals surface area contributed by atoms with Crippen LogP contribution in [-0.2, 0) is 19.9 Å². The van der Waals surface area contributed by atoms with Gasteiger partial charge in [-0.1, -0.05) is 48.8 Å². The van der Waals surface area contributed by atoms with E-state index in [2.05, 4.69) is 5.16 Å². The highest BCUT2D eigenvalue weighted by Gasteiger charge is 2.48. The molecule has 7 nitrogen and oxygen atoms in total. The van der Waals surface area contributed by atoms with Crippen LogP contribution in [-0.4, -0.2) is 41.4 Å². The molecule has 1 aromatic heterocycles. The van der Waals surface area contributed by atoms with Crippen molar-refractivity contribution in [3.05, 3.63) is 51.9 Å². The van der Waals surface area contributed by atoms with Crippen LogP contribution < -0.4 is 0 Å². The van der Waals surface area contributed by atoms with Crippen molar-refractivity contribution >= 4 is 29.3 Å². The van der Waals surface area contributed by atoms with Gasteiger partial charge in [0.1, 0.15) is 11.1 Å².